The van der Waals surface area contributed by atoms with Crippen molar-refractivity contribution in [3.8, 4) is 0 Å². The van der Waals surface area contributed by atoms with Gasteiger partial charge in [-0.1, -0.05) is 6.07 Å². The first-order chi connectivity index (χ1) is 8.27. The number of thiophene rings is 1. The van der Waals surface area contributed by atoms with Crippen LogP contribution >= 0.6 is 47.1 Å². The first-order valence-corrected chi connectivity index (χ1v) is 7.98. The van der Waals surface area contributed by atoms with E-state index in [1.165, 1.54) is 4.88 Å². The van der Waals surface area contributed by atoms with Gasteiger partial charge in [0.25, 0.3) is 0 Å². The van der Waals surface area contributed by atoms with E-state index in [0.717, 1.165) is 31.2 Å². The van der Waals surface area contributed by atoms with Crippen LogP contribution in [0.3, 0.4) is 0 Å². The molecule has 0 aliphatic rings. The average Bonchev–Trinajstić information content (AvgIpc) is 2.85. The highest BCUT2D eigenvalue weighted by Crippen LogP contribution is 2.09. The van der Waals surface area contributed by atoms with E-state index in [1.807, 2.05) is 30.1 Å². The molecule has 1 aromatic heterocycles. The highest BCUT2D eigenvalue weighted by molar-refractivity contribution is 14.0. The molecule has 104 valence electrons. The normalized spacial score (nSPS) is 10.9. The van der Waals surface area contributed by atoms with Gasteiger partial charge in [-0.05, 0) is 24.1 Å². The molecule has 0 saturated heterocycles. The van der Waals surface area contributed by atoms with Crippen molar-refractivity contribution in [1.82, 2.24) is 10.2 Å². The first-order valence-electron chi connectivity index (χ1n) is 5.71. The van der Waals surface area contributed by atoms with Gasteiger partial charge in [-0.15, -0.1) is 35.3 Å². The van der Waals surface area contributed by atoms with Gasteiger partial charge in [0, 0.05) is 37.8 Å². The second kappa shape index (κ2) is 10.9. The van der Waals surface area contributed by atoms with Crippen LogP contribution in [0.25, 0.3) is 0 Å². The van der Waals surface area contributed by atoms with Gasteiger partial charge in [-0.2, -0.15) is 11.8 Å². The lowest BCUT2D eigenvalue weighted by Crippen LogP contribution is -2.40. The van der Waals surface area contributed by atoms with E-state index in [-0.39, 0.29) is 24.0 Å². The fraction of sp³-hybridized carbons (Fsp3) is 0.583. The molecule has 1 heterocycles. The van der Waals surface area contributed by atoms with E-state index in [1.54, 1.807) is 0 Å². The van der Waals surface area contributed by atoms with Crippen molar-refractivity contribution in [2.24, 2.45) is 4.99 Å². The van der Waals surface area contributed by atoms with E-state index >= 15 is 0 Å². The van der Waals surface area contributed by atoms with Gasteiger partial charge >= 0.3 is 0 Å². The van der Waals surface area contributed by atoms with Crippen molar-refractivity contribution in [2.45, 2.75) is 6.42 Å². The number of likely N-dealkylation sites (N-methyl/N-ethyl adjacent to an activating group) is 1. The van der Waals surface area contributed by atoms with Gasteiger partial charge in [-0.25, -0.2) is 0 Å². The minimum Gasteiger partial charge on any atom is -0.355 e. The van der Waals surface area contributed by atoms with E-state index in [2.05, 4.69) is 46.0 Å². The molecule has 1 aromatic rings. The van der Waals surface area contributed by atoms with Crippen molar-refractivity contribution >= 4 is 53.0 Å². The number of hydrogen-bond acceptors (Lipinski definition) is 3. The number of halogens is 1. The quantitative estimate of drug-likeness (QED) is 0.345. The summed E-state index contributed by atoms with van der Waals surface area (Å²) in [4.78, 5) is 7.89. The SMILES string of the molecule is CN=C(NCCSC)N(C)CCc1cccs1.I. The van der Waals surface area contributed by atoms with E-state index in [4.69, 9.17) is 0 Å². The van der Waals surface area contributed by atoms with Crippen LogP contribution in [0, 0.1) is 0 Å². The summed E-state index contributed by atoms with van der Waals surface area (Å²) in [6.07, 6.45) is 3.20. The summed E-state index contributed by atoms with van der Waals surface area (Å²) in [5.74, 6) is 2.09. The van der Waals surface area contributed by atoms with Crippen molar-refractivity contribution in [3.05, 3.63) is 22.4 Å². The molecule has 0 fully saturated rings. The molecule has 0 unspecified atom stereocenters. The second-order valence-corrected chi connectivity index (χ2v) is 5.74. The molecule has 0 aliphatic carbocycles. The number of guanidine groups is 1. The number of aliphatic imine (C=N–C) groups is 1. The van der Waals surface area contributed by atoms with Crippen molar-refractivity contribution in [1.29, 1.82) is 0 Å². The van der Waals surface area contributed by atoms with Crippen molar-refractivity contribution < 1.29 is 0 Å². The van der Waals surface area contributed by atoms with Crippen LogP contribution in [-0.4, -0.2) is 50.1 Å². The lowest BCUT2D eigenvalue weighted by Gasteiger charge is -2.21. The maximum Gasteiger partial charge on any atom is 0.193 e. The summed E-state index contributed by atoms with van der Waals surface area (Å²) in [6.45, 7) is 1.97. The molecule has 18 heavy (non-hydrogen) atoms. The Balaban J connectivity index is 0.00000289. The Morgan fingerprint density at radius 1 is 1.56 bits per heavy atom. The molecule has 0 amide bonds. The van der Waals surface area contributed by atoms with Crippen molar-refractivity contribution in [2.75, 3.05) is 39.2 Å². The number of thioether (sulfide) groups is 1. The third kappa shape index (κ3) is 6.84. The highest BCUT2D eigenvalue weighted by atomic mass is 127. The predicted octanol–water partition coefficient (Wildman–Crippen LogP) is 2.78. The molecule has 0 aromatic carbocycles. The fourth-order valence-corrected chi connectivity index (χ4v) is 2.49. The zero-order valence-corrected chi connectivity index (χ0v) is 15.1. The zero-order valence-electron chi connectivity index (χ0n) is 11.2. The first kappa shape index (κ1) is 18.0. The van der Waals surface area contributed by atoms with Crippen LogP contribution in [0.15, 0.2) is 22.5 Å². The molecule has 6 heteroatoms. The standard InChI is InChI=1S/C12H21N3S2.HI/c1-13-12(14-7-10-16-3)15(2)8-6-11-5-4-9-17-11;/h4-5,9H,6-8,10H2,1-3H3,(H,13,14);1H. The maximum atomic E-state index is 4.29. The molecule has 0 atom stereocenters. The topological polar surface area (TPSA) is 27.6 Å². The maximum absolute atomic E-state index is 4.29. The highest BCUT2D eigenvalue weighted by Gasteiger charge is 2.05. The van der Waals surface area contributed by atoms with Gasteiger partial charge in [-0.3, -0.25) is 4.99 Å². The van der Waals surface area contributed by atoms with Gasteiger partial charge in [0.15, 0.2) is 5.96 Å². The smallest absolute Gasteiger partial charge is 0.193 e. The third-order valence-corrected chi connectivity index (χ3v) is 3.98. The summed E-state index contributed by atoms with van der Waals surface area (Å²) in [7, 11) is 3.92. The Bertz CT molecular complexity index is 328. The number of nitrogens with one attached hydrogen (secondary N) is 1. The Labute approximate surface area is 135 Å². The molecular formula is C12H22IN3S2. The molecule has 1 rings (SSSR count). The summed E-state index contributed by atoms with van der Waals surface area (Å²) in [5, 5.41) is 5.48. The van der Waals surface area contributed by atoms with Crippen LogP contribution in [0.2, 0.25) is 0 Å². The molecule has 0 saturated carbocycles. The molecule has 0 aliphatic heterocycles. The average molecular weight is 399 g/mol. The minimum atomic E-state index is 0. The largest absolute Gasteiger partial charge is 0.355 e. The molecule has 1 N–H and O–H groups in total. The van der Waals surface area contributed by atoms with E-state index < -0.39 is 0 Å². The van der Waals surface area contributed by atoms with E-state index in [0.29, 0.717) is 0 Å². The predicted molar refractivity (Wildman–Crippen MR) is 95.8 cm³/mol. The Morgan fingerprint density at radius 3 is 2.89 bits per heavy atom. The third-order valence-electron chi connectivity index (χ3n) is 2.44. The van der Waals surface area contributed by atoms with Gasteiger partial charge in [0.1, 0.15) is 0 Å². The van der Waals surface area contributed by atoms with Crippen LogP contribution in [0.5, 0.6) is 0 Å². The minimum absolute atomic E-state index is 0. The fourth-order valence-electron chi connectivity index (χ4n) is 1.49. The van der Waals surface area contributed by atoms with Gasteiger partial charge in [0.05, 0.1) is 0 Å². The van der Waals surface area contributed by atoms with E-state index in [9.17, 15) is 0 Å². The van der Waals surface area contributed by atoms with Crippen LogP contribution in [0.1, 0.15) is 4.88 Å². The lowest BCUT2D eigenvalue weighted by molar-refractivity contribution is 0.489. The summed E-state index contributed by atoms with van der Waals surface area (Å²) < 4.78 is 0. The Morgan fingerprint density at radius 2 is 2.33 bits per heavy atom. The molecular weight excluding hydrogens is 377 g/mol. The Kier molecular flexibility index (Phi) is 11.0. The number of hydrogen-bond donors (Lipinski definition) is 1. The molecule has 0 bridgehead atoms. The lowest BCUT2D eigenvalue weighted by atomic mass is 10.3. The number of rotatable bonds is 6. The zero-order chi connectivity index (χ0) is 12.5. The summed E-state index contributed by atoms with van der Waals surface area (Å²) in [5.41, 5.74) is 0. The molecule has 0 spiro atoms. The molecule has 0 radical (unpaired) electrons. The van der Waals surface area contributed by atoms with Crippen molar-refractivity contribution in [3.63, 3.8) is 0 Å². The monoisotopic (exact) mass is 399 g/mol. The summed E-state index contributed by atoms with van der Waals surface area (Å²) in [6, 6.07) is 4.29. The van der Waals surface area contributed by atoms with Crippen LogP contribution in [-0.2, 0) is 6.42 Å². The van der Waals surface area contributed by atoms with Gasteiger partial charge in [0.2, 0.25) is 0 Å². The summed E-state index contributed by atoms with van der Waals surface area (Å²) >= 11 is 3.66. The van der Waals surface area contributed by atoms with Crippen LogP contribution < -0.4 is 5.32 Å². The molecule has 3 nitrogen and oxygen atoms in total. The van der Waals surface area contributed by atoms with Gasteiger partial charge < -0.3 is 10.2 Å². The Hall–Kier alpha value is 0.0500. The number of nitrogens with zero attached hydrogens (tertiary/aromatic N) is 2. The second-order valence-electron chi connectivity index (χ2n) is 3.72. The van der Waals surface area contributed by atoms with Crippen LogP contribution in [0.4, 0.5) is 0 Å².